The van der Waals surface area contributed by atoms with E-state index in [1.165, 1.54) is 0 Å². The Morgan fingerprint density at radius 1 is 0.867 bits per heavy atom. The Morgan fingerprint density at radius 2 is 1.40 bits per heavy atom. The van der Waals surface area contributed by atoms with Gasteiger partial charge in [-0.05, 0) is 12.1 Å². The molecule has 0 aromatic heterocycles. The Bertz CT molecular complexity index is 1000. The molecule has 0 amide bonds. The maximum Gasteiger partial charge on any atom is 0.191 e. The largest absolute Gasteiger partial charge is 0.496 e. The molecule has 0 atom stereocenters. The van der Waals surface area contributed by atoms with Gasteiger partial charge in [0.15, 0.2) is 7.14 Å². The zero-order valence-electron chi connectivity index (χ0n) is 17.0. The highest BCUT2D eigenvalue weighted by Crippen LogP contribution is 2.49. The molecule has 154 valence electrons. The molecule has 0 radical (unpaired) electrons. The van der Waals surface area contributed by atoms with E-state index in [0.717, 1.165) is 16.2 Å². The predicted molar refractivity (Wildman–Crippen MR) is 122 cm³/mol. The molecular formula is C24H25N2O3P. The topological polar surface area (TPSA) is 51.1 Å². The second-order valence-corrected chi connectivity index (χ2v) is 9.65. The molecular weight excluding hydrogens is 395 g/mol. The van der Waals surface area contributed by atoms with Gasteiger partial charge in [-0.3, -0.25) is 5.01 Å². The van der Waals surface area contributed by atoms with E-state index < -0.39 is 7.14 Å². The summed E-state index contributed by atoms with van der Waals surface area (Å²) in [5, 5.41) is 8.40. The summed E-state index contributed by atoms with van der Waals surface area (Å²) in [6.45, 7) is 2.51. The molecule has 3 aromatic rings. The van der Waals surface area contributed by atoms with Crippen LogP contribution in [-0.2, 0) is 9.30 Å². The fourth-order valence-corrected chi connectivity index (χ4v) is 6.32. The maximum atomic E-state index is 15.0. The second-order valence-electron chi connectivity index (χ2n) is 6.97. The fourth-order valence-electron chi connectivity index (χ4n) is 3.57. The third kappa shape index (κ3) is 4.04. The van der Waals surface area contributed by atoms with Crippen molar-refractivity contribution in [2.24, 2.45) is 5.10 Å². The van der Waals surface area contributed by atoms with Crippen LogP contribution in [0.1, 0.15) is 5.56 Å². The van der Waals surface area contributed by atoms with Crippen molar-refractivity contribution in [1.29, 1.82) is 0 Å². The number of methoxy groups -OCH3 is 1. The average Bonchev–Trinajstić information content (AvgIpc) is 2.84. The van der Waals surface area contributed by atoms with Crippen LogP contribution >= 0.6 is 7.14 Å². The summed E-state index contributed by atoms with van der Waals surface area (Å²) in [6, 6.07) is 26.8. The lowest BCUT2D eigenvalue weighted by Crippen LogP contribution is -2.34. The molecule has 0 saturated carbocycles. The second kappa shape index (κ2) is 9.29. The van der Waals surface area contributed by atoms with E-state index in [-0.39, 0.29) is 0 Å². The van der Waals surface area contributed by atoms with E-state index >= 15 is 4.57 Å². The number of para-hydroxylation sites is 1. The molecule has 1 aliphatic heterocycles. The van der Waals surface area contributed by atoms with Crippen molar-refractivity contribution in [2.75, 3.05) is 33.4 Å². The summed E-state index contributed by atoms with van der Waals surface area (Å²) >= 11 is 0. The minimum Gasteiger partial charge on any atom is -0.496 e. The van der Waals surface area contributed by atoms with Crippen LogP contribution in [0.5, 0.6) is 5.75 Å². The van der Waals surface area contributed by atoms with E-state index in [1.54, 1.807) is 7.11 Å². The Hall–Kier alpha value is -2.88. The molecule has 4 rings (SSSR count). The van der Waals surface area contributed by atoms with Crippen LogP contribution in [0.3, 0.4) is 0 Å². The Labute approximate surface area is 177 Å². The molecule has 30 heavy (non-hydrogen) atoms. The van der Waals surface area contributed by atoms with Gasteiger partial charge in [-0.25, -0.2) is 0 Å². The maximum absolute atomic E-state index is 15.0. The first-order chi connectivity index (χ1) is 14.7. The van der Waals surface area contributed by atoms with Crippen LogP contribution in [-0.4, -0.2) is 43.9 Å². The molecule has 0 bridgehead atoms. The summed E-state index contributed by atoms with van der Waals surface area (Å²) < 4.78 is 26.1. The number of benzene rings is 3. The first-order valence-corrected chi connectivity index (χ1v) is 11.7. The van der Waals surface area contributed by atoms with Crippen molar-refractivity contribution in [3.05, 3.63) is 90.5 Å². The first-order valence-electron chi connectivity index (χ1n) is 10.00. The highest BCUT2D eigenvalue weighted by Gasteiger charge is 2.36. The molecule has 6 heteroatoms. The number of hydrazone groups is 1. The molecule has 1 heterocycles. The van der Waals surface area contributed by atoms with Crippen LogP contribution < -0.4 is 15.3 Å². The van der Waals surface area contributed by atoms with E-state index in [1.807, 2.05) is 89.9 Å². The van der Waals surface area contributed by atoms with Crippen molar-refractivity contribution < 1.29 is 14.0 Å². The lowest BCUT2D eigenvalue weighted by molar-refractivity contribution is 0.0395. The highest BCUT2D eigenvalue weighted by molar-refractivity contribution is 7.93. The molecule has 0 N–H and O–H groups in total. The van der Waals surface area contributed by atoms with Crippen molar-refractivity contribution in [3.8, 4) is 5.75 Å². The number of hydrogen-bond acceptors (Lipinski definition) is 5. The molecule has 5 nitrogen and oxygen atoms in total. The Morgan fingerprint density at radius 3 is 1.97 bits per heavy atom. The van der Waals surface area contributed by atoms with Gasteiger partial charge in [0, 0.05) is 16.2 Å². The standard InChI is InChI=1S/C24H25N2O3P/c1-28-23-15-9-8-14-22(23)24(25-26-16-18-29-19-17-26)30(27,20-10-4-2-5-11-20)21-12-6-3-7-13-21/h2-15H,16-19H2,1H3/b25-24+. The lowest BCUT2D eigenvalue weighted by Gasteiger charge is -2.28. The number of nitrogens with zero attached hydrogens (tertiary/aromatic N) is 2. The predicted octanol–water partition coefficient (Wildman–Crippen LogP) is 3.70. The Kier molecular flexibility index (Phi) is 6.32. The minimum atomic E-state index is -3.28. The fraction of sp³-hybridized carbons (Fsp3) is 0.208. The molecule has 0 spiro atoms. The zero-order valence-corrected chi connectivity index (χ0v) is 17.9. The van der Waals surface area contributed by atoms with Crippen molar-refractivity contribution >= 4 is 23.2 Å². The van der Waals surface area contributed by atoms with Crippen molar-refractivity contribution in [1.82, 2.24) is 5.01 Å². The zero-order chi connectivity index (χ0) is 20.8. The summed E-state index contributed by atoms with van der Waals surface area (Å²) in [4.78, 5) is 0. The summed E-state index contributed by atoms with van der Waals surface area (Å²) in [5.74, 6) is 0.650. The number of ether oxygens (including phenoxy) is 2. The third-order valence-corrected chi connectivity index (χ3v) is 8.09. The van der Waals surface area contributed by atoms with Gasteiger partial charge in [-0.2, -0.15) is 5.10 Å². The minimum absolute atomic E-state index is 0.527. The van der Waals surface area contributed by atoms with Crippen LogP contribution in [0.15, 0.2) is 90.0 Å². The van der Waals surface area contributed by atoms with Gasteiger partial charge in [0.1, 0.15) is 11.2 Å². The highest BCUT2D eigenvalue weighted by atomic mass is 31.2. The molecule has 1 fully saturated rings. The van der Waals surface area contributed by atoms with Crippen LogP contribution in [0.2, 0.25) is 0 Å². The van der Waals surface area contributed by atoms with Crippen LogP contribution in [0.25, 0.3) is 0 Å². The van der Waals surface area contributed by atoms with E-state index in [4.69, 9.17) is 14.6 Å². The quantitative estimate of drug-likeness (QED) is 0.451. The molecule has 3 aromatic carbocycles. The smallest absolute Gasteiger partial charge is 0.191 e. The van der Waals surface area contributed by atoms with Gasteiger partial charge in [-0.15, -0.1) is 0 Å². The lowest BCUT2D eigenvalue weighted by atomic mass is 10.2. The molecule has 0 aliphatic carbocycles. The van der Waals surface area contributed by atoms with E-state index in [9.17, 15) is 0 Å². The third-order valence-electron chi connectivity index (χ3n) is 5.11. The molecule has 1 aliphatic rings. The number of morpholine rings is 1. The molecule has 0 unspecified atom stereocenters. The van der Waals surface area contributed by atoms with Gasteiger partial charge in [0.25, 0.3) is 0 Å². The Balaban J connectivity index is 1.99. The van der Waals surface area contributed by atoms with Crippen LogP contribution in [0, 0.1) is 0 Å². The summed E-state index contributed by atoms with van der Waals surface area (Å²) in [5.41, 5.74) is 1.27. The van der Waals surface area contributed by atoms with Crippen molar-refractivity contribution in [3.63, 3.8) is 0 Å². The SMILES string of the molecule is COc1ccccc1/C(=N\N1CCOCC1)P(=O)(c1ccccc1)c1ccccc1. The summed E-state index contributed by atoms with van der Waals surface area (Å²) in [6.07, 6.45) is 0. The van der Waals surface area contributed by atoms with Gasteiger partial charge < -0.3 is 14.0 Å². The van der Waals surface area contributed by atoms with Gasteiger partial charge in [0.05, 0.1) is 33.4 Å². The number of hydrogen-bond donors (Lipinski definition) is 0. The van der Waals surface area contributed by atoms with E-state index in [2.05, 4.69) is 0 Å². The van der Waals surface area contributed by atoms with Crippen LogP contribution in [0.4, 0.5) is 0 Å². The van der Waals surface area contributed by atoms with Gasteiger partial charge >= 0.3 is 0 Å². The van der Waals surface area contributed by atoms with Gasteiger partial charge in [-0.1, -0.05) is 72.8 Å². The first kappa shape index (κ1) is 20.4. The monoisotopic (exact) mass is 420 g/mol. The average molecular weight is 420 g/mol. The normalized spacial score (nSPS) is 15.1. The molecule has 1 saturated heterocycles. The van der Waals surface area contributed by atoms with E-state index in [0.29, 0.717) is 37.5 Å². The summed E-state index contributed by atoms with van der Waals surface area (Å²) in [7, 11) is -1.65. The van der Waals surface area contributed by atoms with Gasteiger partial charge in [0.2, 0.25) is 0 Å². The van der Waals surface area contributed by atoms with Crippen molar-refractivity contribution in [2.45, 2.75) is 0 Å². The number of rotatable bonds is 6.